The molecule has 1 aromatic rings. The van der Waals surface area contributed by atoms with Gasteiger partial charge >= 0.3 is 5.97 Å². The molecule has 0 aliphatic heterocycles. The Labute approximate surface area is 116 Å². The number of hydrogen-bond acceptors (Lipinski definition) is 5. The second-order valence-electron chi connectivity index (χ2n) is 3.66. The average Bonchev–Trinajstić information content (AvgIpc) is 2.38. The van der Waals surface area contributed by atoms with E-state index in [2.05, 4.69) is 17.4 Å². The largest absolute Gasteiger partial charge is 0.480 e. The van der Waals surface area contributed by atoms with Gasteiger partial charge in [0.05, 0.1) is 16.5 Å². The molecule has 0 fully saturated rings. The van der Waals surface area contributed by atoms with Crippen molar-refractivity contribution in [1.29, 1.82) is 5.26 Å². The SMILES string of the molecule is N#Cc1ccc(S(=O)(=O)NC(CCS)C(=O)O)cc1. The van der Waals surface area contributed by atoms with Gasteiger partial charge in [-0.3, -0.25) is 4.79 Å². The number of benzene rings is 1. The summed E-state index contributed by atoms with van der Waals surface area (Å²) < 4.78 is 26.0. The molecule has 0 bridgehead atoms. The van der Waals surface area contributed by atoms with Crippen LogP contribution in [0.3, 0.4) is 0 Å². The molecule has 1 rings (SSSR count). The van der Waals surface area contributed by atoms with Gasteiger partial charge in [0.1, 0.15) is 6.04 Å². The van der Waals surface area contributed by atoms with Gasteiger partial charge < -0.3 is 5.11 Å². The highest BCUT2D eigenvalue weighted by Gasteiger charge is 2.24. The van der Waals surface area contributed by atoms with E-state index in [1.54, 1.807) is 0 Å². The molecule has 1 atom stereocenters. The van der Waals surface area contributed by atoms with Crippen LogP contribution in [0.4, 0.5) is 0 Å². The molecular formula is C11H12N2O4S2. The van der Waals surface area contributed by atoms with Crippen LogP contribution in [0.2, 0.25) is 0 Å². The van der Waals surface area contributed by atoms with E-state index < -0.39 is 22.0 Å². The van der Waals surface area contributed by atoms with Crippen LogP contribution < -0.4 is 4.72 Å². The van der Waals surface area contributed by atoms with Gasteiger partial charge in [0, 0.05) is 0 Å². The van der Waals surface area contributed by atoms with E-state index in [4.69, 9.17) is 10.4 Å². The Morgan fingerprint density at radius 2 is 2.00 bits per heavy atom. The molecular weight excluding hydrogens is 288 g/mol. The molecule has 2 N–H and O–H groups in total. The van der Waals surface area contributed by atoms with E-state index in [1.165, 1.54) is 24.3 Å². The van der Waals surface area contributed by atoms with Crippen LogP contribution >= 0.6 is 12.6 Å². The minimum absolute atomic E-state index is 0.0773. The van der Waals surface area contributed by atoms with Gasteiger partial charge in [0.15, 0.2) is 0 Å². The molecule has 0 aliphatic carbocycles. The third-order valence-corrected chi connectivity index (χ3v) is 4.05. The van der Waals surface area contributed by atoms with Crippen molar-refractivity contribution in [2.24, 2.45) is 0 Å². The van der Waals surface area contributed by atoms with Crippen molar-refractivity contribution in [3.63, 3.8) is 0 Å². The summed E-state index contributed by atoms with van der Waals surface area (Å²) in [5, 5.41) is 17.5. The van der Waals surface area contributed by atoms with Crippen molar-refractivity contribution >= 4 is 28.6 Å². The van der Waals surface area contributed by atoms with Crippen LogP contribution in [0.25, 0.3) is 0 Å². The molecule has 0 amide bonds. The Morgan fingerprint density at radius 1 is 1.42 bits per heavy atom. The second kappa shape index (κ2) is 6.56. The number of carbonyl (C=O) groups is 1. The number of thiol groups is 1. The maximum absolute atomic E-state index is 11.9. The zero-order valence-electron chi connectivity index (χ0n) is 9.78. The fourth-order valence-electron chi connectivity index (χ4n) is 1.33. The molecule has 1 aromatic carbocycles. The Bertz CT molecular complexity index is 590. The number of rotatable bonds is 6. The quantitative estimate of drug-likeness (QED) is 0.667. The number of hydrogen-bond donors (Lipinski definition) is 3. The molecule has 8 heteroatoms. The van der Waals surface area contributed by atoms with Crippen molar-refractivity contribution in [2.75, 3.05) is 5.75 Å². The molecule has 0 heterocycles. The van der Waals surface area contributed by atoms with E-state index in [-0.39, 0.29) is 17.1 Å². The van der Waals surface area contributed by atoms with Crippen LogP contribution in [-0.4, -0.2) is 31.3 Å². The molecule has 0 spiro atoms. The van der Waals surface area contributed by atoms with Gasteiger partial charge in [-0.2, -0.15) is 22.6 Å². The molecule has 19 heavy (non-hydrogen) atoms. The maximum Gasteiger partial charge on any atom is 0.321 e. The first-order chi connectivity index (χ1) is 8.90. The number of nitrogens with one attached hydrogen (secondary N) is 1. The van der Waals surface area contributed by atoms with Crippen LogP contribution in [0.1, 0.15) is 12.0 Å². The Morgan fingerprint density at radius 3 is 2.42 bits per heavy atom. The van der Waals surface area contributed by atoms with E-state index >= 15 is 0 Å². The zero-order chi connectivity index (χ0) is 14.5. The summed E-state index contributed by atoms with van der Waals surface area (Å²) in [7, 11) is -3.93. The van der Waals surface area contributed by atoms with Gasteiger partial charge in [-0.15, -0.1) is 0 Å². The highest BCUT2D eigenvalue weighted by atomic mass is 32.2. The zero-order valence-corrected chi connectivity index (χ0v) is 11.5. The third kappa shape index (κ3) is 4.24. The number of nitriles is 1. The topological polar surface area (TPSA) is 107 Å². The predicted octanol–water partition coefficient (Wildman–Crippen LogP) is 0.610. The number of nitrogens with zero attached hydrogens (tertiary/aromatic N) is 1. The lowest BCUT2D eigenvalue weighted by Gasteiger charge is -2.13. The number of carboxylic acids is 1. The second-order valence-corrected chi connectivity index (χ2v) is 5.82. The van der Waals surface area contributed by atoms with Crippen LogP contribution in [-0.2, 0) is 14.8 Å². The molecule has 0 aromatic heterocycles. The third-order valence-electron chi connectivity index (χ3n) is 2.31. The Hall–Kier alpha value is -1.56. The molecule has 1 unspecified atom stereocenters. The van der Waals surface area contributed by atoms with Crippen LogP contribution in [0, 0.1) is 11.3 Å². The monoisotopic (exact) mass is 300 g/mol. The van der Waals surface area contributed by atoms with Gasteiger partial charge in [-0.05, 0) is 36.4 Å². The fraction of sp³-hybridized carbons (Fsp3) is 0.273. The first kappa shape index (κ1) is 15.5. The summed E-state index contributed by atoms with van der Waals surface area (Å²) in [5.74, 6) is -1.02. The number of carboxylic acid groups (broad SMARTS) is 1. The summed E-state index contributed by atoms with van der Waals surface area (Å²) in [4.78, 5) is 10.8. The van der Waals surface area contributed by atoms with E-state index in [1.807, 2.05) is 6.07 Å². The predicted molar refractivity (Wildman–Crippen MR) is 71.4 cm³/mol. The van der Waals surface area contributed by atoms with E-state index in [0.29, 0.717) is 5.56 Å². The summed E-state index contributed by atoms with van der Waals surface area (Å²) >= 11 is 3.88. The standard InChI is InChI=1S/C11H12N2O4S2/c12-7-8-1-3-9(4-2-8)19(16,17)13-10(5-6-18)11(14)15/h1-4,10,13,18H,5-6H2,(H,14,15). The maximum atomic E-state index is 11.9. The summed E-state index contributed by atoms with van der Waals surface area (Å²) in [6.07, 6.45) is 0.0773. The van der Waals surface area contributed by atoms with Crippen LogP contribution in [0.5, 0.6) is 0 Å². The average molecular weight is 300 g/mol. The van der Waals surface area contributed by atoms with Crippen molar-refractivity contribution in [3.8, 4) is 6.07 Å². The first-order valence-corrected chi connectivity index (χ1v) is 7.38. The Balaban J connectivity index is 2.96. The lowest BCUT2D eigenvalue weighted by Crippen LogP contribution is -2.40. The van der Waals surface area contributed by atoms with Crippen molar-refractivity contribution in [1.82, 2.24) is 4.72 Å². The minimum Gasteiger partial charge on any atom is -0.480 e. The van der Waals surface area contributed by atoms with Gasteiger partial charge in [0.25, 0.3) is 0 Å². The first-order valence-electron chi connectivity index (χ1n) is 5.27. The summed E-state index contributed by atoms with van der Waals surface area (Å²) in [5.41, 5.74) is 0.323. The smallest absolute Gasteiger partial charge is 0.321 e. The van der Waals surface area contributed by atoms with Crippen molar-refractivity contribution in [2.45, 2.75) is 17.4 Å². The molecule has 6 nitrogen and oxygen atoms in total. The molecule has 0 saturated carbocycles. The normalized spacial score (nSPS) is 12.6. The van der Waals surface area contributed by atoms with Gasteiger partial charge in [0.2, 0.25) is 10.0 Å². The fourth-order valence-corrected chi connectivity index (χ4v) is 2.81. The lowest BCUT2D eigenvalue weighted by atomic mass is 10.2. The Kier molecular flexibility index (Phi) is 5.35. The number of aliphatic carboxylic acids is 1. The number of sulfonamides is 1. The van der Waals surface area contributed by atoms with Crippen LogP contribution in [0.15, 0.2) is 29.2 Å². The summed E-state index contributed by atoms with van der Waals surface area (Å²) in [6.45, 7) is 0. The highest BCUT2D eigenvalue weighted by molar-refractivity contribution is 7.89. The molecule has 0 saturated heterocycles. The highest BCUT2D eigenvalue weighted by Crippen LogP contribution is 2.11. The van der Waals surface area contributed by atoms with E-state index in [0.717, 1.165) is 0 Å². The summed E-state index contributed by atoms with van der Waals surface area (Å²) in [6, 6.07) is 5.84. The lowest BCUT2D eigenvalue weighted by molar-refractivity contribution is -0.139. The molecule has 0 radical (unpaired) electrons. The van der Waals surface area contributed by atoms with Gasteiger partial charge in [-0.25, -0.2) is 8.42 Å². The van der Waals surface area contributed by atoms with Crippen molar-refractivity contribution < 1.29 is 18.3 Å². The minimum atomic E-state index is -3.93. The van der Waals surface area contributed by atoms with Gasteiger partial charge in [-0.1, -0.05) is 0 Å². The molecule has 102 valence electrons. The van der Waals surface area contributed by atoms with E-state index in [9.17, 15) is 13.2 Å². The van der Waals surface area contributed by atoms with Crippen molar-refractivity contribution in [3.05, 3.63) is 29.8 Å². The molecule has 0 aliphatic rings.